The van der Waals surface area contributed by atoms with Crippen molar-refractivity contribution < 1.29 is 8.78 Å². The molecule has 4 heteroatoms. The average molecular weight is 246 g/mol. The molecule has 1 unspecified atom stereocenters. The van der Waals surface area contributed by atoms with Gasteiger partial charge in [0.15, 0.2) is 0 Å². The molecule has 1 nitrogen and oxygen atoms in total. The number of hydrogen-bond acceptors (Lipinski definition) is 1. The maximum Gasteiger partial charge on any atom is 0.263 e. The third-order valence-electron chi connectivity index (χ3n) is 2.95. The molecule has 0 spiro atoms. The molecule has 1 aromatic rings. The van der Waals surface area contributed by atoms with Crippen molar-refractivity contribution >= 4 is 11.6 Å². The molecule has 88 valence electrons. The Morgan fingerprint density at radius 3 is 2.88 bits per heavy atom. The zero-order chi connectivity index (χ0) is 11.5. The molecular weight excluding hydrogens is 232 g/mol. The summed E-state index contributed by atoms with van der Waals surface area (Å²) in [7, 11) is 0. The van der Waals surface area contributed by atoms with Gasteiger partial charge in [-0.3, -0.25) is 0 Å². The molecule has 1 N–H and O–H groups in total. The molecule has 2 rings (SSSR count). The first-order chi connectivity index (χ1) is 7.66. The Morgan fingerprint density at radius 2 is 2.25 bits per heavy atom. The lowest BCUT2D eigenvalue weighted by Gasteiger charge is -2.12. The van der Waals surface area contributed by atoms with E-state index in [9.17, 15) is 8.78 Å². The Balaban J connectivity index is 2.14. The van der Waals surface area contributed by atoms with E-state index >= 15 is 0 Å². The molecule has 0 bridgehead atoms. The van der Waals surface area contributed by atoms with Crippen LogP contribution in [0.2, 0.25) is 5.02 Å². The summed E-state index contributed by atoms with van der Waals surface area (Å²) in [6.45, 7) is 1.01. The van der Waals surface area contributed by atoms with Crippen molar-refractivity contribution in [3.63, 3.8) is 0 Å². The Bertz CT molecular complexity index is 362. The maximum atomic E-state index is 12.5. The molecular formula is C12H14ClF2N. The van der Waals surface area contributed by atoms with Crippen LogP contribution in [0.25, 0.3) is 0 Å². The molecule has 1 aliphatic heterocycles. The smallest absolute Gasteiger partial charge is 0.263 e. The van der Waals surface area contributed by atoms with E-state index in [0.29, 0.717) is 11.1 Å². The number of alkyl halides is 2. The second kappa shape index (κ2) is 5.11. The van der Waals surface area contributed by atoms with E-state index in [-0.39, 0.29) is 5.56 Å². The molecule has 1 atom stereocenters. The molecule has 0 aliphatic carbocycles. The van der Waals surface area contributed by atoms with E-state index in [2.05, 4.69) is 5.32 Å². The zero-order valence-electron chi connectivity index (χ0n) is 8.85. The van der Waals surface area contributed by atoms with Gasteiger partial charge in [0, 0.05) is 16.6 Å². The van der Waals surface area contributed by atoms with Crippen molar-refractivity contribution in [2.24, 2.45) is 0 Å². The van der Waals surface area contributed by atoms with Gasteiger partial charge in [0.05, 0.1) is 0 Å². The minimum absolute atomic E-state index is 0.0531. The number of benzene rings is 1. The van der Waals surface area contributed by atoms with Crippen LogP contribution >= 0.6 is 11.6 Å². The molecule has 1 heterocycles. The molecule has 1 aromatic carbocycles. The fourth-order valence-corrected chi connectivity index (χ4v) is 2.28. The molecule has 0 radical (unpaired) electrons. The van der Waals surface area contributed by atoms with E-state index in [1.54, 1.807) is 6.07 Å². The fourth-order valence-electron chi connectivity index (χ4n) is 2.08. The summed E-state index contributed by atoms with van der Waals surface area (Å²) >= 11 is 6.01. The van der Waals surface area contributed by atoms with Crippen molar-refractivity contribution in [3.05, 3.63) is 34.3 Å². The SMILES string of the molecule is FC(F)c1ccc(Cl)c(CC2CCCN2)c1. The van der Waals surface area contributed by atoms with Crippen molar-refractivity contribution in [1.82, 2.24) is 5.32 Å². The van der Waals surface area contributed by atoms with Crippen molar-refractivity contribution in [1.29, 1.82) is 0 Å². The first-order valence-electron chi connectivity index (χ1n) is 5.46. The standard InChI is InChI=1S/C12H14ClF2N/c13-11-4-3-8(12(14)15)6-9(11)7-10-2-1-5-16-10/h3-4,6,10,12,16H,1-2,5,7H2. The van der Waals surface area contributed by atoms with Gasteiger partial charge in [-0.2, -0.15) is 0 Å². The van der Waals surface area contributed by atoms with E-state index < -0.39 is 6.43 Å². The summed E-state index contributed by atoms with van der Waals surface area (Å²) in [6.07, 6.45) is 0.554. The second-order valence-corrected chi connectivity index (χ2v) is 4.56. The van der Waals surface area contributed by atoms with Crippen molar-refractivity contribution in [2.45, 2.75) is 31.7 Å². The number of hydrogen-bond donors (Lipinski definition) is 1. The van der Waals surface area contributed by atoms with Gasteiger partial charge < -0.3 is 5.32 Å². The van der Waals surface area contributed by atoms with E-state index in [4.69, 9.17) is 11.6 Å². The largest absolute Gasteiger partial charge is 0.314 e. The van der Waals surface area contributed by atoms with Crippen LogP contribution in [0.1, 0.15) is 30.4 Å². The molecule has 1 saturated heterocycles. The lowest BCUT2D eigenvalue weighted by Crippen LogP contribution is -2.23. The third kappa shape index (κ3) is 2.71. The number of rotatable bonds is 3. The first-order valence-corrected chi connectivity index (χ1v) is 5.84. The van der Waals surface area contributed by atoms with Gasteiger partial charge >= 0.3 is 0 Å². The van der Waals surface area contributed by atoms with Gasteiger partial charge in [0.25, 0.3) is 6.43 Å². The van der Waals surface area contributed by atoms with Crippen LogP contribution in [0.4, 0.5) is 8.78 Å². The second-order valence-electron chi connectivity index (χ2n) is 4.15. The lowest BCUT2D eigenvalue weighted by molar-refractivity contribution is 0.151. The minimum Gasteiger partial charge on any atom is -0.314 e. The van der Waals surface area contributed by atoms with E-state index in [0.717, 1.165) is 31.4 Å². The summed E-state index contributed by atoms with van der Waals surface area (Å²) in [5, 5.41) is 3.92. The number of halogens is 3. The highest BCUT2D eigenvalue weighted by Crippen LogP contribution is 2.26. The van der Waals surface area contributed by atoms with E-state index in [1.165, 1.54) is 12.1 Å². The van der Waals surface area contributed by atoms with Gasteiger partial charge in [-0.15, -0.1) is 0 Å². The lowest BCUT2D eigenvalue weighted by atomic mass is 10.0. The van der Waals surface area contributed by atoms with Crippen LogP contribution in [0.15, 0.2) is 18.2 Å². The quantitative estimate of drug-likeness (QED) is 0.859. The third-order valence-corrected chi connectivity index (χ3v) is 3.32. The molecule has 16 heavy (non-hydrogen) atoms. The summed E-state index contributed by atoms with van der Waals surface area (Å²) in [5.41, 5.74) is 0.872. The Labute approximate surface area is 98.8 Å². The highest BCUT2D eigenvalue weighted by molar-refractivity contribution is 6.31. The summed E-state index contributed by atoms with van der Waals surface area (Å²) in [4.78, 5) is 0. The van der Waals surface area contributed by atoms with Gasteiger partial charge in [-0.05, 0) is 43.5 Å². The number of nitrogens with one attached hydrogen (secondary N) is 1. The van der Waals surface area contributed by atoms with Crippen LogP contribution in [0.3, 0.4) is 0 Å². The highest BCUT2D eigenvalue weighted by Gasteiger charge is 2.17. The zero-order valence-corrected chi connectivity index (χ0v) is 9.61. The summed E-state index contributed by atoms with van der Waals surface area (Å²) < 4.78 is 25.1. The van der Waals surface area contributed by atoms with Crippen LogP contribution in [0.5, 0.6) is 0 Å². The van der Waals surface area contributed by atoms with Crippen LogP contribution in [-0.4, -0.2) is 12.6 Å². The van der Waals surface area contributed by atoms with Gasteiger partial charge in [-0.25, -0.2) is 8.78 Å². The Kier molecular flexibility index (Phi) is 3.77. The average Bonchev–Trinajstić information content (AvgIpc) is 2.73. The Hall–Kier alpha value is -0.670. The Morgan fingerprint density at radius 1 is 1.44 bits per heavy atom. The molecule has 1 fully saturated rings. The van der Waals surface area contributed by atoms with Gasteiger partial charge in [0.1, 0.15) is 0 Å². The normalized spacial score (nSPS) is 20.6. The highest BCUT2D eigenvalue weighted by atomic mass is 35.5. The van der Waals surface area contributed by atoms with Gasteiger partial charge in [-0.1, -0.05) is 17.7 Å². The first kappa shape index (κ1) is 11.8. The predicted octanol–water partition coefficient (Wildman–Crippen LogP) is 3.57. The van der Waals surface area contributed by atoms with Crippen LogP contribution in [-0.2, 0) is 6.42 Å². The maximum absolute atomic E-state index is 12.5. The molecule has 0 saturated carbocycles. The fraction of sp³-hybridized carbons (Fsp3) is 0.500. The molecule has 0 amide bonds. The summed E-state index contributed by atoms with van der Waals surface area (Å²) in [5.74, 6) is 0. The molecule has 0 aromatic heterocycles. The van der Waals surface area contributed by atoms with Crippen LogP contribution < -0.4 is 5.32 Å². The van der Waals surface area contributed by atoms with Crippen LogP contribution in [0, 0.1) is 0 Å². The monoisotopic (exact) mass is 245 g/mol. The van der Waals surface area contributed by atoms with Crippen molar-refractivity contribution in [3.8, 4) is 0 Å². The minimum atomic E-state index is -2.42. The predicted molar refractivity (Wildman–Crippen MR) is 61.1 cm³/mol. The van der Waals surface area contributed by atoms with Gasteiger partial charge in [0.2, 0.25) is 0 Å². The molecule has 1 aliphatic rings. The summed E-state index contributed by atoms with van der Waals surface area (Å²) in [6, 6.07) is 4.85. The van der Waals surface area contributed by atoms with Crippen molar-refractivity contribution in [2.75, 3.05) is 6.54 Å². The van der Waals surface area contributed by atoms with E-state index in [1.807, 2.05) is 0 Å². The topological polar surface area (TPSA) is 12.0 Å².